The summed E-state index contributed by atoms with van der Waals surface area (Å²) in [5.74, 6) is 0.987. The minimum absolute atomic E-state index is 0.145. The van der Waals surface area contributed by atoms with Gasteiger partial charge in [0.2, 0.25) is 5.95 Å². The second-order valence-electron chi connectivity index (χ2n) is 8.34. The summed E-state index contributed by atoms with van der Waals surface area (Å²) in [7, 11) is 3.42. The number of nitrogens with zero attached hydrogens (tertiary/aromatic N) is 6. The van der Waals surface area contributed by atoms with Gasteiger partial charge in [-0.25, -0.2) is 14.5 Å². The van der Waals surface area contributed by atoms with E-state index < -0.39 is 0 Å². The van der Waals surface area contributed by atoms with Crippen LogP contribution in [0, 0.1) is 0 Å². The Hall–Kier alpha value is -4.18. The van der Waals surface area contributed by atoms with Crippen LogP contribution in [0.2, 0.25) is 0 Å². The molecule has 3 aromatic heterocycles. The van der Waals surface area contributed by atoms with E-state index in [1.54, 1.807) is 55.1 Å². The predicted octanol–water partition coefficient (Wildman–Crippen LogP) is 2.35. The lowest BCUT2D eigenvalue weighted by Crippen LogP contribution is -2.43. The first-order chi connectivity index (χ1) is 16.5. The fraction of sp³-hybridized carbons (Fsp3) is 0.250. The summed E-state index contributed by atoms with van der Waals surface area (Å²) in [5.41, 5.74) is 3.64. The number of rotatable bonds is 5. The van der Waals surface area contributed by atoms with E-state index in [9.17, 15) is 9.90 Å². The molecule has 0 saturated carbocycles. The third-order valence-electron chi connectivity index (χ3n) is 5.76. The van der Waals surface area contributed by atoms with Gasteiger partial charge in [-0.05, 0) is 42.5 Å². The standard InChI is InChI=1S/C24H26N8O2/c1-30(2)23(34)20-13-18-15-27-24(29-32(18)22(20)16-3-6-19(33)7-4-16)28-21-8-5-17(14-26-21)31-11-9-25-10-12-31/h3-8,13-15,25,33H,9-12H2,1-2H3,(H,26,28,29). The van der Waals surface area contributed by atoms with Crippen LogP contribution in [0.1, 0.15) is 10.4 Å². The van der Waals surface area contributed by atoms with Crippen LogP contribution in [0.5, 0.6) is 5.75 Å². The number of hydrogen-bond acceptors (Lipinski definition) is 8. The van der Waals surface area contributed by atoms with Crippen LogP contribution in [0.15, 0.2) is 54.9 Å². The van der Waals surface area contributed by atoms with Crippen LogP contribution in [0.3, 0.4) is 0 Å². The summed E-state index contributed by atoms with van der Waals surface area (Å²) in [4.78, 5) is 25.7. The zero-order valence-corrected chi connectivity index (χ0v) is 19.1. The van der Waals surface area contributed by atoms with Crippen molar-refractivity contribution in [2.24, 2.45) is 0 Å². The molecule has 1 aromatic carbocycles. The van der Waals surface area contributed by atoms with Crippen LogP contribution < -0.4 is 15.5 Å². The van der Waals surface area contributed by atoms with Crippen molar-refractivity contribution in [2.75, 3.05) is 50.5 Å². The Labute approximate surface area is 196 Å². The van der Waals surface area contributed by atoms with Crippen LogP contribution in [0.4, 0.5) is 17.5 Å². The Morgan fingerprint density at radius 2 is 1.82 bits per heavy atom. The number of aromatic nitrogens is 4. The van der Waals surface area contributed by atoms with Crippen molar-refractivity contribution in [3.63, 3.8) is 0 Å². The zero-order valence-electron chi connectivity index (χ0n) is 19.1. The van der Waals surface area contributed by atoms with Gasteiger partial charge in [0, 0.05) is 45.8 Å². The van der Waals surface area contributed by atoms with Gasteiger partial charge in [-0.1, -0.05) is 0 Å². The molecular weight excluding hydrogens is 432 g/mol. The number of hydrogen-bond donors (Lipinski definition) is 3. The second kappa shape index (κ2) is 8.99. The van der Waals surface area contributed by atoms with Crippen molar-refractivity contribution in [1.29, 1.82) is 0 Å². The minimum Gasteiger partial charge on any atom is -0.508 e. The van der Waals surface area contributed by atoms with Gasteiger partial charge in [-0.15, -0.1) is 5.10 Å². The van der Waals surface area contributed by atoms with Gasteiger partial charge >= 0.3 is 0 Å². The number of piperazine rings is 1. The maximum absolute atomic E-state index is 12.9. The summed E-state index contributed by atoms with van der Waals surface area (Å²) in [6, 6.07) is 12.4. The van der Waals surface area contributed by atoms with Gasteiger partial charge < -0.3 is 25.5 Å². The molecule has 4 aromatic rings. The SMILES string of the molecule is CN(C)C(=O)c1cc2cnc(Nc3ccc(N4CCNCC4)cn3)nn2c1-c1ccc(O)cc1. The Kier molecular flexibility index (Phi) is 5.72. The molecular formula is C24H26N8O2. The Morgan fingerprint density at radius 3 is 2.50 bits per heavy atom. The second-order valence-corrected chi connectivity index (χ2v) is 8.34. The highest BCUT2D eigenvalue weighted by Crippen LogP contribution is 2.29. The lowest BCUT2D eigenvalue weighted by Gasteiger charge is -2.29. The van der Waals surface area contributed by atoms with Crippen molar-refractivity contribution in [3.05, 3.63) is 60.4 Å². The average molecular weight is 459 g/mol. The zero-order chi connectivity index (χ0) is 23.7. The van der Waals surface area contributed by atoms with E-state index in [1.807, 2.05) is 18.3 Å². The smallest absolute Gasteiger partial charge is 0.255 e. The van der Waals surface area contributed by atoms with Gasteiger partial charge in [0.05, 0.1) is 34.9 Å². The number of phenols is 1. The fourth-order valence-corrected chi connectivity index (χ4v) is 4.01. The number of carbonyl (C=O) groups excluding carboxylic acids is 1. The molecule has 0 atom stereocenters. The van der Waals surface area contributed by atoms with Crippen molar-refractivity contribution in [2.45, 2.75) is 0 Å². The number of pyridine rings is 1. The van der Waals surface area contributed by atoms with Crippen LogP contribution in [0.25, 0.3) is 16.8 Å². The fourth-order valence-electron chi connectivity index (χ4n) is 4.01. The van der Waals surface area contributed by atoms with E-state index in [0.717, 1.165) is 37.4 Å². The molecule has 34 heavy (non-hydrogen) atoms. The first-order valence-electron chi connectivity index (χ1n) is 11.1. The third-order valence-corrected chi connectivity index (χ3v) is 5.76. The molecule has 1 fully saturated rings. The molecule has 3 N–H and O–H groups in total. The maximum atomic E-state index is 12.9. The molecule has 0 unspecified atom stereocenters. The van der Waals surface area contributed by atoms with E-state index in [4.69, 9.17) is 0 Å². The number of anilines is 3. The van der Waals surface area contributed by atoms with Crippen LogP contribution >= 0.6 is 0 Å². The van der Waals surface area contributed by atoms with Crippen LogP contribution in [-0.4, -0.2) is 75.8 Å². The highest BCUT2D eigenvalue weighted by molar-refractivity contribution is 6.02. The summed E-state index contributed by atoms with van der Waals surface area (Å²) < 4.78 is 1.69. The van der Waals surface area contributed by atoms with E-state index >= 15 is 0 Å². The quantitative estimate of drug-likeness (QED) is 0.418. The van der Waals surface area contributed by atoms with Gasteiger partial charge in [-0.2, -0.15) is 0 Å². The van der Waals surface area contributed by atoms with Crippen molar-refractivity contribution >= 4 is 28.9 Å². The Bertz CT molecular complexity index is 1310. The van der Waals surface area contributed by atoms with E-state index in [0.29, 0.717) is 28.5 Å². The molecule has 10 heteroatoms. The summed E-state index contributed by atoms with van der Waals surface area (Å²) in [5, 5.41) is 20.9. The molecule has 10 nitrogen and oxygen atoms in total. The molecule has 0 bridgehead atoms. The normalized spacial score (nSPS) is 13.8. The number of amides is 1. The molecule has 1 saturated heterocycles. The minimum atomic E-state index is -0.145. The molecule has 1 amide bonds. The highest BCUT2D eigenvalue weighted by atomic mass is 16.3. The Balaban J connectivity index is 1.49. The molecule has 0 aliphatic carbocycles. The van der Waals surface area contributed by atoms with E-state index in [1.165, 1.54) is 4.90 Å². The number of phenolic OH excluding ortho intramolecular Hbond substituents is 1. The topological polar surface area (TPSA) is 111 Å². The lowest BCUT2D eigenvalue weighted by atomic mass is 10.1. The maximum Gasteiger partial charge on any atom is 0.255 e. The summed E-state index contributed by atoms with van der Waals surface area (Å²) >= 11 is 0. The summed E-state index contributed by atoms with van der Waals surface area (Å²) in [6.07, 6.45) is 3.51. The van der Waals surface area contributed by atoms with Gasteiger partial charge in [0.1, 0.15) is 11.6 Å². The number of fused-ring (bicyclic) bond motifs is 1. The van der Waals surface area contributed by atoms with E-state index in [-0.39, 0.29) is 11.7 Å². The molecule has 4 heterocycles. The monoisotopic (exact) mass is 458 g/mol. The average Bonchev–Trinajstić information content (AvgIpc) is 3.23. The molecule has 174 valence electrons. The lowest BCUT2D eigenvalue weighted by molar-refractivity contribution is 0.0828. The number of aromatic hydroxyl groups is 1. The largest absolute Gasteiger partial charge is 0.508 e. The van der Waals surface area contributed by atoms with Crippen molar-refractivity contribution in [1.82, 2.24) is 29.8 Å². The molecule has 5 rings (SSSR count). The van der Waals surface area contributed by atoms with Gasteiger partial charge in [-0.3, -0.25) is 4.79 Å². The number of nitrogens with one attached hydrogen (secondary N) is 2. The molecule has 0 radical (unpaired) electrons. The Morgan fingerprint density at radius 1 is 1.06 bits per heavy atom. The summed E-state index contributed by atoms with van der Waals surface area (Å²) in [6.45, 7) is 3.84. The molecule has 1 aliphatic heterocycles. The van der Waals surface area contributed by atoms with Crippen LogP contribution in [-0.2, 0) is 0 Å². The van der Waals surface area contributed by atoms with E-state index in [2.05, 4.69) is 30.6 Å². The third kappa shape index (κ3) is 4.23. The van der Waals surface area contributed by atoms with Gasteiger partial charge in [0.15, 0.2) is 0 Å². The molecule has 0 spiro atoms. The molecule has 1 aliphatic rings. The number of carbonyl (C=O) groups is 1. The first-order valence-corrected chi connectivity index (χ1v) is 11.1. The van der Waals surface area contributed by atoms with Crippen molar-refractivity contribution in [3.8, 4) is 17.0 Å². The van der Waals surface area contributed by atoms with Crippen molar-refractivity contribution < 1.29 is 9.90 Å². The highest BCUT2D eigenvalue weighted by Gasteiger charge is 2.21. The first kappa shape index (κ1) is 21.7. The predicted molar refractivity (Wildman–Crippen MR) is 131 cm³/mol. The van der Waals surface area contributed by atoms with Gasteiger partial charge in [0.25, 0.3) is 5.91 Å². The number of benzene rings is 1.